The van der Waals surface area contributed by atoms with E-state index in [9.17, 15) is 15.0 Å². The summed E-state index contributed by atoms with van der Waals surface area (Å²) < 4.78 is 0. The van der Waals surface area contributed by atoms with Gasteiger partial charge in [0, 0.05) is 30.3 Å². The Labute approximate surface area is 123 Å². The number of carbonyl (C=O) groups excluding carboxylic acids is 1. The number of amides is 1. The van der Waals surface area contributed by atoms with Gasteiger partial charge in [-0.15, -0.1) is 11.8 Å². The standard InChI is InChI=1S/C14H20N2O3S/c17-12-8-16(9-13(12)18)10-14(19)15-6-7-20-11-4-2-1-3-5-11/h1-5,12-13,17-18H,6-10H2,(H,15,19). The molecule has 1 aromatic carbocycles. The number of aliphatic hydroxyl groups excluding tert-OH is 2. The van der Waals surface area contributed by atoms with Gasteiger partial charge in [0.1, 0.15) is 0 Å². The highest BCUT2D eigenvalue weighted by Gasteiger charge is 2.30. The Balaban J connectivity index is 1.59. The summed E-state index contributed by atoms with van der Waals surface area (Å²) in [4.78, 5) is 14.6. The average Bonchev–Trinajstić information content (AvgIpc) is 2.74. The molecule has 20 heavy (non-hydrogen) atoms. The normalized spacial score (nSPS) is 22.9. The number of hydrogen-bond acceptors (Lipinski definition) is 5. The molecule has 5 nitrogen and oxygen atoms in total. The second-order valence-electron chi connectivity index (χ2n) is 4.84. The third-order valence-corrected chi connectivity index (χ3v) is 4.15. The number of hydrogen-bond donors (Lipinski definition) is 3. The van der Waals surface area contributed by atoms with E-state index in [1.165, 1.54) is 4.90 Å². The summed E-state index contributed by atoms with van der Waals surface area (Å²) in [6, 6.07) is 10.0. The molecular weight excluding hydrogens is 276 g/mol. The molecule has 3 N–H and O–H groups in total. The zero-order chi connectivity index (χ0) is 14.4. The predicted octanol–water partition coefficient (Wildman–Crippen LogP) is -0.0677. The number of benzene rings is 1. The van der Waals surface area contributed by atoms with Crippen LogP contribution in [-0.4, -0.2) is 65.2 Å². The summed E-state index contributed by atoms with van der Waals surface area (Å²) in [5.74, 6) is 0.751. The first-order valence-electron chi connectivity index (χ1n) is 6.68. The van der Waals surface area contributed by atoms with E-state index in [1.807, 2.05) is 30.3 Å². The van der Waals surface area contributed by atoms with Crippen molar-refractivity contribution in [3.05, 3.63) is 30.3 Å². The van der Waals surface area contributed by atoms with Crippen molar-refractivity contribution in [2.45, 2.75) is 17.1 Å². The van der Waals surface area contributed by atoms with Gasteiger partial charge in [0.15, 0.2) is 0 Å². The van der Waals surface area contributed by atoms with Crippen molar-refractivity contribution in [1.82, 2.24) is 10.2 Å². The summed E-state index contributed by atoms with van der Waals surface area (Å²) in [7, 11) is 0. The lowest BCUT2D eigenvalue weighted by Gasteiger charge is -2.14. The van der Waals surface area contributed by atoms with Gasteiger partial charge < -0.3 is 15.5 Å². The molecule has 0 saturated carbocycles. The molecule has 0 radical (unpaired) electrons. The molecule has 1 amide bonds. The number of nitrogens with zero attached hydrogens (tertiary/aromatic N) is 1. The van der Waals surface area contributed by atoms with Crippen LogP contribution in [0.15, 0.2) is 35.2 Å². The van der Waals surface area contributed by atoms with Gasteiger partial charge in [0.25, 0.3) is 0 Å². The smallest absolute Gasteiger partial charge is 0.234 e. The predicted molar refractivity (Wildman–Crippen MR) is 78.6 cm³/mol. The van der Waals surface area contributed by atoms with Crippen LogP contribution in [0.3, 0.4) is 0 Å². The quantitative estimate of drug-likeness (QED) is 0.506. The van der Waals surface area contributed by atoms with Crippen LogP contribution in [0.25, 0.3) is 0 Å². The van der Waals surface area contributed by atoms with Gasteiger partial charge in [-0.1, -0.05) is 18.2 Å². The van der Waals surface area contributed by atoms with Gasteiger partial charge in [-0.3, -0.25) is 9.69 Å². The lowest BCUT2D eigenvalue weighted by molar-refractivity contribution is -0.121. The fourth-order valence-electron chi connectivity index (χ4n) is 2.11. The first-order valence-corrected chi connectivity index (χ1v) is 7.67. The van der Waals surface area contributed by atoms with Crippen LogP contribution in [-0.2, 0) is 4.79 Å². The van der Waals surface area contributed by atoms with Gasteiger partial charge in [-0.05, 0) is 12.1 Å². The second kappa shape index (κ2) is 7.64. The van der Waals surface area contributed by atoms with Gasteiger partial charge in [-0.25, -0.2) is 0 Å². The first kappa shape index (κ1) is 15.3. The Morgan fingerprint density at radius 1 is 1.25 bits per heavy atom. The van der Waals surface area contributed by atoms with E-state index in [0.29, 0.717) is 19.6 Å². The van der Waals surface area contributed by atoms with Crippen LogP contribution < -0.4 is 5.32 Å². The highest BCUT2D eigenvalue weighted by molar-refractivity contribution is 7.99. The Bertz CT molecular complexity index is 420. The molecule has 2 unspecified atom stereocenters. The van der Waals surface area contributed by atoms with Crippen LogP contribution in [0, 0.1) is 0 Å². The molecule has 1 aliphatic heterocycles. The van der Waals surface area contributed by atoms with E-state index in [2.05, 4.69) is 5.32 Å². The number of thioether (sulfide) groups is 1. The minimum absolute atomic E-state index is 0.0695. The number of rotatable bonds is 6. The molecule has 1 fully saturated rings. The van der Waals surface area contributed by atoms with Gasteiger partial charge >= 0.3 is 0 Å². The fourth-order valence-corrected chi connectivity index (χ4v) is 2.90. The van der Waals surface area contributed by atoms with E-state index in [1.54, 1.807) is 16.7 Å². The summed E-state index contributed by atoms with van der Waals surface area (Å²) in [6.45, 7) is 1.54. The van der Waals surface area contributed by atoms with Gasteiger partial charge in [0.05, 0.1) is 18.8 Å². The lowest BCUT2D eigenvalue weighted by Crippen LogP contribution is -2.37. The van der Waals surface area contributed by atoms with Crippen LogP contribution in [0.1, 0.15) is 0 Å². The zero-order valence-corrected chi connectivity index (χ0v) is 12.1. The SMILES string of the molecule is O=C(CN1CC(O)C(O)C1)NCCSc1ccccc1. The minimum atomic E-state index is -0.739. The maximum absolute atomic E-state index is 11.7. The number of aliphatic hydroxyl groups is 2. The first-order chi connectivity index (χ1) is 9.65. The molecule has 0 bridgehead atoms. The van der Waals surface area contributed by atoms with Crippen molar-refractivity contribution >= 4 is 17.7 Å². The molecule has 110 valence electrons. The summed E-state index contributed by atoms with van der Waals surface area (Å²) in [5, 5.41) is 21.6. The average molecular weight is 296 g/mol. The highest BCUT2D eigenvalue weighted by atomic mass is 32.2. The summed E-state index contributed by atoms with van der Waals surface area (Å²) in [6.07, 6.45) is -1.48. The Morgan fingerprint density at radius 2 is 1.90 bits per heavy atom. The van der Waals surface area contributed by atoms with E-state index in [4.69, 9.17) is 0 Å². The maximum atomic E-state index is 11.7. The Morgan fingerprint density at radius 3 is 2.55 bits per heavy atom. The summed E-state index contributed by atoms with van der Waals surface area (Å²) in [5.41, 5.74) is 0. The minimum Gasteiger partial charge on any atom is -0.389 e. The van der Waals surface area contributed by atoms with Crippen LogP contribution >= 0.6 is 11.8 Å². The van der Waals surface area contributed by atoms with E-state index < -0.39 is 12.2 Å². The van der Waals surface area contributed by atoms with Gasteiger partial charge in [-0.2, -0.15) is 0 Å². The largest absolute Gasteiger partial charge is 0.389 e. The molecule has 1 aliphatic rings. The van der Waals surface area contributed by atoms with E-state index in [0.717, 1.165) is 5.75 Å². The maximum Gasteiger partial charge on any atom is 0.234 e. The molecule has 1 saturated heterocycles. The van der Waals surface area contributed by atoms with Crippen LogP contribution in [0.4, 0.5) is 0 Å². The molecule has 1 aromatic rings. The monoisotopic (exact) mass is 296 g/mol. The van der Waals surface area contributed by atoms with Crippen molar-refractivity contribution in [1.29, 1.82) is 0 Å². The van der Waals surface area contributed by atoms with Crippen molar-refractivity contribution < 1.29 is 15.0 Å². The van der Waals surface area contributed by atoms with Crippen LogP contribution in [0.5, 0.6) is 0 Å². The Hall–Kier alpha value is -1.08. The van der Waals surface area contributed by atoms with Gasteiger partial charge in [0.2, 0.25) is 5.91 Å². The molecule has 2 atom stereocenters. The molecule has 0 aromatic heterocycles. The second-order valence-corrected chi connectivity index (χ2v) is 6.01. The molecule has 1 heterocycles. The van der Waals surface area contributed by atoms with Crippen molar-refractivity contribution in [3.8, 4) is 0 Å². The molecular formula is C14H20N2O3S. The molecule has 6 heteroatoms. The van der Waals surface area contributed by atoms with Crippen molar-refractivity contribution in [3.63, 3.8) is 0 Å². The number of likely N-dealkylation sites (tertiary alicyclic amines) is 1. The third kappa shape index (κ3) is 4.79. The Kier molecular flexibility index (Phi) is 5.85. The molecule has 2 rings (SSSR count). The van der Waals surface area contributed by atoms with Crippen molar-refractivity contribution in [2.24, 2.45) is 0 Å². The molecule has 0 spiro atoms. The fraction of sp³-hybridized carbons (Fsp3) is 0.500. The lowest BCUT2D eigenvalue weighted by atomic mass is 10.3. The number of nitrogens with one attached hydrogen (secondary N) is 1. The number of carbonyl (C=O) groups is 1. The van der Waals surface area contributed by atoms with E-state index in [-0.39, 0.29) is 12.5 Å². The van der Waals surface area contributed by atoms with Crippen LogP contribution in [0.2, 0.25) is 0 Å². The topological polar surface area (TPSA) is 72.8 Å². The van der Waals surface area contributed by atoms with E-state index >= 15 is 0 Å². The zero-order valence-electron chi connectivity index (χ0n) is 11.2. The third-order valence-electron chi connectivity index (χ3n) is 3.14. The highest BCUT2D eigenvalue weighted by Crippen LogP contribution is 2.15. The molecule has 0 aliphatic carbocycles. The summed E-state index contributed by atoms with van der Waals surface area (Å²) >= 11 is 1.70. The van der Waals surface area contributed by atoms with Crippen molar-refractivity contribution in [2.75, 3.05) is 31.9 Å². The number of β-amino-alcohol motifs (C(OH)–C–C–N with tert-alkyl or cyclic N) is 2.